The minimum atomic E-state index is -3.52. The van der Waals surface area contributed by atoms with Crippen LogP contribution in [0.2, 0.25) is 5.02 Å². The van der Waals surface area contributed by atoms with E-state index in [1.807, 2.05) is 0 Å². The third-order valence-electron chi connectivity index (χ3n) is 2.89. The number of likely N-dealkylation sites (N-methyl/N-ethyl adjacent to an activating group) is 1. The van der Waals surface area contributed by atoms with E-state index < -0.39 is 22.2 Å². The Morgan fingerprint density at radius 1 is 1.45 bits per heavy atom. The monoisotopic (exact) mass is 318 g/mol. The van der Waals surface area contributed by atoms with Crippen LogP contribution in [0.1, 0.15) is 5.56 Å². The Kier molecular flexibility index (Phi) is 4.52. The lowest BCUT2D eigenvalue weighted by Crippen LogP contribution is -2.34. The summed E-state index contributed by atoms with van der Waals surface area (Å²) in [5, 5.41) is 0.407. The number of hydrogen-bond donors (Lipinski definition) is 1. The molecule has 1 aromatic carbocycles. The second-order valence-corrected chi connectivity index (χ2v) is 6.80. The lowest BCUT2D eigenvalue weighted by atomic mass is 10.2. The van der Waals surface area contributed by atoms with Gasteiger partial charge in [-0.25, -0.2) is 17.9 Å². The molecule has 0 saturated carbocycles. The number of carbonyl (C=O) groups excluding carboxylic acids is 1. The first kappa shape index (κ1) is 15.1. The Labute approximate surface area is 122 Å². The zero-order chi connectivity index (χ0) is 14.8. The number of benzene rings is 1. The number of nitrogens with one attached hydrogen (secondary N) is 1. The number of hydrogen-bond acceptors (Lipinski definition) is 4. The first-order valence-electron chi connectivity index (χ1n) is 6.00. The quantitative estimate of drug-likeness (QED) is 0.885. The van der Waals surface area contributed by atoms with Crippen molar-refractivity contribution >= 4 is 27.7 Å². The fourth-order valence-electron chi connectivity index (χ4n) is 1.85. The van der Waals surface area contributed by atoms with Gasteiger partial charge in [-0.05, 0) is 11.6 Å². The maximum Gasteiger partial charge on any atom is 0.410 e. The van der Waals surface area contributed by atoms with Crippen LogP contribution in [0, 0.1) is 0 Å². The van der Waals surface area contributed by atoms with Crippen LogP contribution < -0.4 is 4.72 Å². The Hall–Kier alpha value is -1.31. The average molecular weight is 319 g/mol. The molecule has 1 amide bonds. The van der Waals surface area contributed by atoms with E-state index in [-0.39, 0.29) is 12.3 Å². The van der Waals surface area contributed by atoms with Gasteiger partial charge in [0.1, 0.15) is 6.10 Å². The summed E-state index contributed by atoms with van der Waals surface area (Å²) in [5.74, 6) is -0.205. The fraction of sp³-hybridized carbons (Fsp3) is 0.417. The molecule has 1 heterocycles. The van der Waals surface area contributed by atoms with Crippen molar-refractivity contribution in [2.75, 3.05) is 20.1 Å². The number of nitrogens with zero attached hydrogens (tertiary/aromatic N) is 1. The van der Waals surface area contributed by atoms with Gasteiger partial charge in [-0.1, -0.05) is 29.8 Å². The summed E-state index contributed by atoms with van der Waals surface area (Å²) in [4.78, 5) is 12.5. The second kappa shape index (κ2) is 5.99. The lowest BCUT2D eigenvalue weighted by molar-refractivity contribution is 0.135. The van der Waals surface area contributed by atoms with Gasteiger partial charge in [0.05, 0.1) is 12.3 Å². The maximum atomic E-state index is 11.9. The molecule has 0 spiro atoms. The first-order chi connectivity index (χ1) is 9.37. The van der Waals surface area contributed by atoms with Crippen molar-refractivity contribution in [1.29, 1.82) is 0 Å². The van der Waals surface area contributed by atoms with Crippen LogP contribution >= 0.6 is 11.6 Å². The molecule has 20 heavy (non-hydrogen) atoms. The van der Waals surface area contributed by atoms with Crippen molar-refractivity contribution in [3.8, 4) is 0 Å². The third-order valence-corrected chi connectivity index (χ3v) is 4.56. The lowest BCUT2D eigenvalue weighted by Gasteiger charge is -2.11. The van der Waals surface area contributed by atoms with Gasteiger partial charge in [-0.2, -0.15) is 0 Å². The van der Waals surface area contributed by atoms with Gasteiger partial charge < -0.3 is 9.64 Å². The average Bonchev–Trinajstić information content (AvgIpc) is 2.69. The molecular formula is C12H15ClN2O4S. The number of amides is 1. The van der Waals surface area contributed by atoms with Crippen molar-refractivity contribution in [2.45, 2.75) is 11.9 Å². The van der Waals surface area contributed by atoms with Crippen molar-refractivity contribution in [2.24, 2.45) is 0 Å². The molecule has 1 N–H and O–H groups in total. The van der Waals surface area contributed by atoms with Crippen molar-refractivity contribution in [3.63, 3.8) is 0 Å². The van der Waals surface area contributed by atoms with Gasteiger partial charge in [-0.15, -0.1) is 0 Å². The van der Waals surface area contributed by atoms with Gasteiger partial charge in [0, 0.05) is 18.6 Å². The van der Waals surface area contributed by atoms with E-state index in [1.165, 1.54) is 4.90 Å². The number of rotatable bonds is 5. The van der Waals surface area contributed by atoms with E-state index in [9.17, 15) is 13.2 Å². The highest BCUT2D eigenvalue weighted by Crippen LogP contribution is 2.17. The van der Waals surface area contributed by atoms with Crippen molar-refractivity contribution < 1.29 is 17.9 Å². The molecule has 6 nitrogen and oxygen atoms in total. The number of sulfonamides is 1. The Bertz CT molecular complexity index is 605. The molecule has 1 aliphatic rings. The largest absolute Gasteiger partial charge is 0.443 e. The van der Waals surface area contributed by atoms with Crippen LogP contribution in [0.25, 0.3) is 0 Å². The normalized spacial score (nSPS) is 19.2. The highest BCUT2D eigenvalue weighted by molar-refractivity contribution is 7.88. The summed E-state index contributed by atoms with van der Waals surface area (Å²) < 4.78 is 31.3. The first-order valence-corrected chi connectivity index (χ1v) is 8.03. The van der Waals surface area contributed by atoms with Crippen LogP contribution in [0.5, 0.6) is 0 Å². The molecule has 8 heteroatoms. The molecule has 1 aliphatic heterocycles. The predicted octanol–water partition coefficient (Wildman–Crippen LogP) is 1.21. The van der Waals surface area contributed by atoms with E-state index in [0.717, 1.165) is 0 Å². The Balaban J connectivity index is 1.92. The van der Waals surface area contributed by atoms with Crippen LogP contribution in [-0.2, 0) is 20.5 Å². The van der Waals surface area contributed by atoms with Crippen LogP contribution in [-0.4, -0.2) is 45.7 Å². The molecule has 0 aliphatic carbocycles. The van der Waals surface area contributed by atoms with Crippen LogP contribution in [0.3, 0.4) is 0 Å². The molecule has 1 unspecified atom stereocenters. The summed E-state index contributed by atoms with van der Waals surface area (Å²) >= 11 is 5.93. The van der Waals surface area contributed by atoms with Gasteiger partial charge in [0.25, 0.3) is 0 Å². The standard InChI is InChI=1S/C12H15ClN2O4S/c1-15-7-10(19-12(15)16)6-14-20(17,18)8-9-4-2-3-5-11(9)13/h2-5,10,14H,6-8H2,1H3. The molecular weight excluding hydrogens is 304 g/mol. The number of carbonyl (C=O) groups is 1. The van der Waals surface area contributed by atoms with E-state index in [0.29, 0.717) is 17.1 Å². The molecule has 110 valence electrons. The predicted molar refractivity (Wildman–Crippen MR) is 75.0 cm³/mol. The molecule has 2 rings (SSSR count). The Morgan fingerprint density at radius 2 is 2.15 bits per heavy atom. The van der Waals surface area contributed by atoms with Crippen LogP contribution in [0.4, 0.5) is 4.79 Å². The summed E-state index contributed by atoms with van der Waals surface area (Å²) in [6.07, 6.45) is -0.908. The molecule has 1 saturated heterocycles. The zero-order valence-electron chi connectivity index (χ0n) is 10.9. The number of halogens is 1. The zero-order valence-corrected chi connectivity index (χ0v) is 12.4. The highest BCUT2D eigenvalue weighted by atomic mass is 35.5. The molecule has 0 radical (unpaired) electrons. The number of ether oxygens (including phenoxy) is 1. The second-order valence-electron chi connectivity index (χ2n) is 4.59. The minimum Gasteiger partial charge on any atom is -0.443 e. The molecule has 0 aromatic heterocycles. The van der Waals surface area contributed by atoms with E-state index >= 15 is 0 Å². The van der Waals surface area contributed by atoms with Gasteiger partial charge in [0.2, 0.25) is 10.0 Å². The fourth-order valence-corrected chi connectivity index (χ4v) is 3.33. The molecule has 1 fully saturated rings. The van der Waals surface area contributed by atoms with E-state index in [2.05, 4.69) is 4.72 Å². The smallest absolute Gasteiger partial charge is 0.410 e. The van der Waals surface area contributed by atoms with Crippen molar-refractivity contribution in [3.05, 3.63) is 34.9 Å². The van der Waals surface area contributed by atoms with E-state index in [1.54, 1.807) is 31.3 Å². The van der Waals surface area contributed by atoms with Gasteiger partial charge in [-0.3, -0.25) is 0 Å². The molecule has 1 atom stereocenters. The number of cyclic esters (lactones) is 1. The van der Waals surface area contributed by atoms with Crippen molar-refractivity contribution in [1.82, 2.24) is 9.62 Å². The van der Waals surface area contributed by atoms with Crippen LogP contribution in [0.15, 0.2) is 24.3 Å². The minimum absolute atomic E-state index is 0.0584. The highest BCUT2D eigenvalue weighted by Gasteiger charge is 2.29. The summed E-state index contributed by atoms with van der Waals surface area (Å²) in [5.41, 5.74) is 0.530. The SMILES string of the molecule is CN1CC(CNS(=O)(=O)Cc2ccccc2Cl)OC1=O. The molecule has 0 bridgehead atoms. The summed E-state index contributed by atoms with van der Waals surface area (Å²) in [6.45, 7) is 0.427. The Morgan fingerprint density at radius 3 is 2.75 bits per heavy atom. The van der Waals surface area contributed by atoms with Gasteiger partial charge in [0.15, 0.2) is 0 Å². The summed E-state index contributed by atoms with van der Waals surface area (Å²) in [7, 11) is -1.93. The maximum absolute atomic E-state index is 11.9. The molecule has 1 aromatic rings. The van der Waals surface area contributed by atoms with Gasteiger partial charge >= 0.3 is 6.09 Å². The summed E-state index contributed by atoms with van der Waals surface area (Å²) in [6, 6.07) is 6.76. The third kappa shape index (κ3) is 3.84. The van der Waals surface area contributed by atoms with E-state index in [4.69, 9.17) is 16.3 Å². The topological polar surface area (TPSA) is 75.7 Å².